The fourth-order valence-corrected chi connectivity index (χ4v) is 5.89. The minimum Gasteiger partial charge on any atom is -0.452 e. The van der Waals surface area contributed by atoms with Crippen LogP contribution in [0.1, 0.15) is 39.9 Å². The number of nitrogens with zero attached hydrogens (tertiary/aromatic N) is 1. The van der Waals surface area contributed by atoms with Gasteiger partial charge < -0.3 is 9.64 Å². The van der Waals surface area contributed by atoms with Crippen LogP contribution in [0.3, 0.4) is 0 Å². The van der Waals surface area contributed by atoms with Crippen LogP contribution in [-0.4, -0.2) is 44.9 Å². The molecule has 0 unspecified atom stereocenters. The summed E-state index contributed by atoms with van der Waals surface area (Å²) in [4.78, 5) is 27.0. The van der Waals surface area contributed by atoms with Gasteiger partial charge in [-0.25, -0.2) is 13.2 Å². The lowest BCUT2D eigenvalue weighted by Crippen LogP contribution is -2.41. The van der Waals surface area contributed by atoms with Crippen molar-refractivity contribution in [3.05, 3.63) is 95.1 Å². The largest absolute Gasteiger partial charge is 0.452 e. The Morgan fingerprint density at radius 2 is 1.68 bits per heavy atom. The highest BCUT2D eigenvalue weighted by molar-refractivity contribution is 7.92. The van der Waals surface area contributed by atoms with Crippen LogP contribution in [0.15, 0.2) is 77.7 Å². The Kier molecular flexibility index (Phi) is 8.28. The average molecular weight is 521 g/mol. The second-order valence-electron chi connectivity index (χ2n) is 9.55. The second-order valence-corrected chi connectivity index (χ2v) is 11.2. The van der Waals surface area contributed by atoms with Crippen LogP contribution in [0.4, 0.5) is 5.69 Å². The number of rotatable bonds is 8. The number of ether oxygens (including phenoxy) is 1. The van der Waals surface area contributed by atoms with Crippen molar-refractivity contribution < 1.29 is 22.7 Å². The van der Waals surface area contributed by atoms with E-state index in [4.69, 9.17) is 4.74 Å². The predicted molar refractivity (Wildman–Crippen MR) is 143 cm³/mol. The smallest absolute Gasteiger partial charge is 0.338 e. The van der Waals surface area contributed by atoms with Gasteiger partial charge in [-0.3, -0.25) is 9.52 Å². The highest BCUT2D eigenvalue weighted by Gasteiger charge is 2.25. The van der Waals surface area contributed by atoms with Gasteiger partial charge in [0.2, 0.25) is 0 Å². The first-order valence-electron chi connectivity index (χ1n) is 12.4. The molecule has 8 heteroatoms. The summed E-state index contributed by atoms with van der Waals surface area (Å²) in [6.07, 6.45) is 2.80. The Morgan fingerprint density at radius 1 is 0.946 bits per heavy atom. The molecule has 1 aliphatic rings. The summed E-state index contributed by atoms with van der Waals surface area (Å²) in [6, 6.07) is 21.7. The van der Waals surface area contributed by atoms with Crippen molar-refractivity contribution in [2.24, 2.45) is 5.92 Å². The third-order valence-electron chi connectivity index (χ3n) is 6.64. The van der Waals surface area contributed by atoms with Crippen molar-refractivity contribution in [3.8, 4) is 0 Å². The van der Waals surface area contributed by atoms with E-state index >= 15 is 0 Å². The molecule has 194 valence electrons. The monoisotopic (exact) mass is 520 g/mol. The topological polar surface area (TPSA) is 92.8 Å². The lowest BCUT2D eigenvalue weighted by atomic mass is 9.90. The fourth-order valence-electron chi connectivity index (χ4n) is 4.57. The summed E-state index contributed by atoms with van der Waals surface area (Å²) in [7, 11) is -3.93. The molecule has 3 aromatic carbocycles. The molecule has 0 spiro atoms. The fraction of sp³-hybridized carbons (Fsp3) is 0.310. The maximum absolute atomic E-state index is 13.0. The van der Waals surface area contributed by atoms with E-state index in [1.54, 1.807) is 36.1 Å². The van der Waals surface area contributed by atoms with E-state index in [2.05, 4.69) is 16.9 Å². The molecule has 1 amide bonds. The number of carbonyl (C=O) groups excluding carboxylic acids is 2. The summed E-state index contributed by atoms with van der Waals surface area (Å²) in [6.45, 7) is 4.41. The van der Waals surface area contributed by atoms with Crippen molar-refractivity contribution in [3.63, 3.8) is 0 Å². The molecule has 1 N–H and O–H groups in total. The lowest BCUT2D eigenvalue weighted by Gasteiger charge is -2.32. The molecule has 0 atom stereocenters. The molecule has 0 saturated carbocycles. The van der Waals surface area contributed by atoms with Gasteiger partial charge in [0.05, 0.1) is 10.5 Å². The van der Waals surface area contributed by atoms with Gasteiger partial charge in [0.1, 0.15) is 0 Å². The van der Waals surface area contributed by atoms with Crippen molar-refractivity contribution in [2.45, 2.75) is 38.0 Å². The molecule has 1 fully saturated rings. The maximum atomic E-state index is 13.0. The van der Waals surface area contributed by atoms with Gasteiger partial charge >= 0.3 is 5.97 Å². The van der Waals surface area contributed by atoms with Gasteiger partial charge in [-0.05, 0) is 80.0 Å². The quantitative estimate of drug-likeness (QED) is 0.433. The van der Waals surface area contributed by atoms with Gasteiger partial charge in [-0.15, -0.1) is 0 Å². The maximum Gasteiger partial charge on any atom is 0.338 e. The van der Waals surface area contributed by atoms with Crippen LogP contribution >= 0.6 is 0 Å². The molecule has 3 aromatic rings. The number of carbonyl (C=O) groups is 2. The van der Waals surface area contributed by atoms with Gasteiger partial charge in [0.25, 0.3) is 15.9 Å². The first kappa shape index (κ1) is 26.4. The summed E-state index contributed by atoms with van der Waals surface area (Å²) in [5.74, 6) is -0.456. The Morgan fingerprint density at radius 3 is 2.38 bits per heavy atom. The number of nitrogens with one attached hydrogen (secondary N) is 1. The normalized spacial score (nSPS) is 14.3. The predicted octanol–water partition coefficient (Wildman–Crippen LogP) is 4.74. The SMILES string of the molecule is Cc1cccc(NS(=O)(=O)c2cc(C(=O)OCC(=O)N3CCC(Cc4ccccc4)CC3)ccc2C)c1. The third kappa shape index (κ3) is 6.98. The number of sulfonamides is 1. The van der Waals surface area contributed by atoms with Gasteiger partial charge in [0.15, 0.2) is 6.61 Å². The third-order valence-corrected chi connectivity index (χ3v) is 8.17. The summed E-state index contributed by atoms with van der Waals surface area (Å²) in [5, 5.41) is 0. The Hall–Kier alpha value is -3.65. The number of anilines is 1. The number of esters is 1. The number of benzene rings is 3. The summed E-state index contributed by atoms with van der Waals surface area (Å²) < 4.78 is 33.8. The van der Waals surface area contributed by atoms with Crippen molar-refractivity contribution in [1.29, 1.82) is 0 Å². The molecule has 0 aromatic heterocycles. The van der Waals surface area contributed by atoms with Crippen LogP contribution in [0.25, 0.3) is 0 Å². The molecule has 4 rings (SSSR count). The molecule has 1 saturated heterocycles. The van der Waals surface area contributed by atoms with E-state index in [-0.39, 0.29) is 23.0 Å². The highest BCUT2D eigenvalue weighted by atomic mass is 32.2. The zero-order chi connectivity index (χ0) is 26.4. The molecular weight excluding hydrogens is 488 g/mol. The van der Waals surface area contributed by atoms with Crippen molar-refractivity contribution >= 4 is 27.6 Å². The number of piperidine rings is 1. The van der Waals surface area contributed by atoms with Gasteiger partial charge in [-0.2, -0.15) is 0 Å². The Balaban J connectivity index is 1.32. The number of hydrogen-bond acceptors (Lipinski definition) is 5. The Labute approximate surface area is 218 Å². The van der Waals surface area contributed by atoms with Crippen LogP contribution < -0.4 is 4.72 Å². The van der Waals surface area contributed by atoms with Gasteiger partial charge in [0, 0.05) is 18.8 Å². The molecule has 1 heterocycles. The first-order valence-corrected chi connectivity index (χ1v) is 13.9. The zero-order valence-corrected chi connectivity index (χ0v) is 22.0. The zero-order valence-electron chi connectivity index (χ0n) is 21.1. The number of hydrogen-bond donors (Lipinski definition) is 1. The van der Waals surface area contributed by atoms with E-state index in [1.807, 2.05) is 31.2 Å². The molecular formula is C29H32N2O5S. The highest BCUT2D eigenvalue weighted by Crippen LogP contribution is 2.23. The van der Waals surface area contributed by atoms with E-state index in [1.165, 1.54) is 17.7 Å². The van der Waals surface area contributed by atoms with Crippen LogP contribution in [0.5, 0.6) is 0 Å². The van der Waals surface area contributed by atoms with Crippen LogP contribution in [0, 0.1) is 19.8 Å². The summed E-state index contributed by atoms with van der Waals surface area (Å²) in [5.41, 5.74) is 3.22. The van der Waals surface area contributed by atoms with E-state index in [0.29, 0.717) is 30.3 Å². The second kappa shape index (κ2) is 11.6. The number of amides is 1. The van der Waals surface area contributed by atoms with Gasteiger partial charge in [-0.1, -0.05) is 48.5 Å². The Bertz CT molecular complexity index is 1360. The molecule has 37 heavy (non-hydrogen) atoms. The lowest BCUT2D eigenvalue weighted by molar-refractivity contribution is -0.135. The van der Waals surface area contributed by atoms with E-state index in [0.717, 1.165) is 24.8 Å². The number of aryl methyl sites for hydroxylation is 2. The van der Waals surface area contributed by atoms with E-state index in [9.17, 15) is 18.0 Å². The molecule has 7 nitrogen and oxygen atoms in total. The minimum atomic E-state index is -3.93. The molecule has 0 bridgehead atoms. The molecule has 0 aliphatic carbocycles. The minimum absolute atomic E-state index is 0.0183. The van der Waals surface area contributed by atoms with Crippen LogP contribution in [-0.2, 0) is 26.0 Å². The first-order chi connectivity index (χ1) is 17.7. The van der Waals surface area contributed by atoms with Crippen LogP contribution in [0.2, 0.25) is 0 Å². The van der Waals surface area contributed by atoms with Crippen molar-refractivity contribution in [1.82, 2.24) is 4.90 Å². The molecule has 0 radical (unpaired) electrons. The molecule has 1 aliphatic heterocycles. The summed E-state index contributed by atoms with van der Waals surface area (Å²) >= 11 is 0. The van der Waals surface area contributed by atoms with E-state index < -0.39 is 16.0 Å². The standard InChI is InChI=1S/C29H32N2O5S/c1-21-7-6-10-26(17-21)30-37(34,35)27-19-25(12-11-22(27)2)29(33)36-20-28(32)31-15-13-24(14-16-31)18-23-8-4-3-5-9-23/h3-12,17,19,24,30H,13-16,18,20H2,1-2H3. The number of likely N-dealkylation sites (tertiary alicyclic amines) is 1. The van der Waals surface area contributed by atoms with Crippen molar-refractivity contribution in [2.75, 3.05) is 24.4 Å². The average Bonchev–Trinajstić information content (AvgIpc) is 2.88.